The standard InChI is InChI=1S/C38H25BrN8O9/c39-21-9-19-8-20(10-21)14-41-32(49)28-16-54-36(44-28)30-18-56-34(46-30)26-12-22(52-7-3-6-47-37(50)23-4-1-2-5-24(23)38(47)51)11-25(42-26)33-45-29(17-55-33)35-43-27(15-53-35)31(48)40-13-19/h1-2,4-5,8-12,15-18H,3,6-7,13-14H2,(H,40,48)(H,41,49). The van der Waals surface area contributed by atoms with Crippen LogP contribution < -0.4 is 15.4 Å². The van der Waals surface area contributed by atoms with Crippen molar-refractivity contribution < 1.29 is 41.6 Å². The smallest absolute Gasteiger partial charge is 0.273 e. The Kier molecular flexibility index (Phi) is 8.77. The Morgan fingerprint density at radius 3 is 1.59 bits per heavy atom. The lowest BCUT2D eigenvalue weighted by molar-refractivity contribution is 0.0646. The zero-order chi connectivity index (χ0) is 38.3. The molecule has 0 atom stereocenters. The van der Waals surface area contributed by atoms with Crippen molar-refractivity contribution in [3.05, 3.63) is 118 Å². The number of nitrogens with zero attached hydrogens (tertiary/aromatic N) is 6. The van der Waals surface area contributed by atoms with Gasteiger partial charge < -0.3 is 33.0 Å². The summed E-state index contributed by atoms with van der Waals surface area (Å²) in [6.07, 6.45) is 5.37. The first-order valence-corrected chi connectivity index (χ1v) is 17.8. The van der Waals surface area contributed by atoms with Crippen LogP contribution in [0, 0.1) is 0 Å². The Bertz CT molecular complexity index is 2530. The van der Waals surface area contributed by atoms with Crippen LogP contribution in [0.15, 0.2) is 102 Å². The van der Waals surface area contributed by atoms with Crippen LogP contribution in [-0.2, 0) is 13.1 Å². The number of benzene rings is 2. The first-order valence-electron chi connectivity index (χ1n) is 17.0. The molecule has 7 heterocycles. The summed E-state index contributed by atoms with van der Waals surface area (Å²) in [7, 11) is 0. The van der Waals surface area contributed by atoms with E-state index in [0.717, 1.165) is 15.6 Å². The van der Waals surface area contributed by atoms with Gasteiger partial charge in [-0.25, -0.2) is 24.9 Å². The van der Waals surface area contributed by atoms with Crippen LogP contribution in [0.1, 0.15) is 59.2 Å². The summed E-state index contributed by atoms with van der Waals surface area (Å²) in [6.45, 7) is 0.586. The van der Waals surface area contributed by atoms with E-state index < -0.39 is 11.8 Å². The van der Waals surface area contributed by atoms with Crippen LogP contribution >= 0.6 is 15.9 Å². The zero-order valence-corrected chi connectivity index (χ0v) is 30.4. The van der Waals surface area contributed by atoms with E-state index in [-0.39, 0.29) is 95.8 Å². The number of amides is 4. The molecule has 0 aliphatic carbocycles. The Morgan fingerprint density at radius 1 is 0.607 bits per heavy atom. The molecule has 0 saturated carbocycles. The summed E-state index contributed by atoms with van der Waals surface area (Å²) in [5.41, 5.74) is 3.13. The molecular formula is C38H25BrN8O9. The number of hydrogen-bond donors (Lipinski definition) is 2. The summed E-state index contributed by atoms with van der Waals surface area (Å²) >= 11 is 3.49. The summed E-state index contributed by atoms with van der Waals surface area (Å²) in [5, 5.41) is 5.64. The molecule has 4 amide bonds. The van der Waals surface area contributed by atoms with Crippen LogP contribution in [0.3, 0.4) is 0 Å². The van der Waals surface area contributed by atoms with Crippen molar-refractivity contribution in [1.29, 1.82) is 0 Å². The molecule has 5 aromatic heterocycles. The molecule has 2 aliphatic rings. The Balaban J connectivity index is 1.02. The Morgan fingerprint density at radius 2 is 1.07 bits per heavy atom. The maximum absolute atomic E-state index is 13.0. The number of aromatic nitrogens is 5. The fraction of sp³-hybridized carbons (Fsp3) is 0.132. The zero-order valence-electron chi connectivity index (χ0n) is 28.8. The molecule has 0 unspecified atom stereocenters. The van der Waals surface area contributed by atoms with Crippen molar-refractivity contribution in [2.45, 2.75) is 19.5 Å². The van der Waals surface area contributed by atoms with Crippen LogP contribution in [0.2, 0.25) is 0 Å². The van der Waals surface area contributed by atoms with E-state index in [1.54, 1.807) is 36.4 Å². The van der Waals surface area contributed by atoms with E-state index >= 15 is 0 Å². The molecule has 2 aromatic carbocycles. The van der Waals surface area contributed by atoms with Gasteiger partial charge in [0.05, 0.1) is 17.7 Å². The first kappa shape index (κ1) is 34.6. The molecule has 12 bridgehead atoms. The summed E-state index contributed by atoms with van der Waals surface area (Å²) < 4.78 is 29.5. The maximum Gasteiger partial charge on any atom is 0.273 e. The van der Waals surface area contributed by atoms with Crippen LogP contribution in [0.5, 0.6) is 5.75 Å². The molecule has 2 aliphatic heterocycles. The third-order valence-electron chi connectivity index (χ3n) is 8.75. The first-order chi connectivity index (χ1) is 27.3. The topological polar surface area (TPSA) is 222 Å². The molecule has 0 saturated heterocycles. The van der Waals surface area contributed by atoms with Gasteiger partial charge in [-0.3, -0.25) is 24.1 Å². The molecule has 0 spiro atoms. The number of oxazole rings is 4. The number of carbonyl (C=O) groups excluding carboxylic acids is 4. The highest BCUT2D eigenvalue weighted by Gasteiger charge is 2.34. The van der Waals surface area contributed by atoms with E-state index in [2.05, 4.69) is 51.5 Å². The average Bonchev–Trinajstić information content (AvgIpc) is 4.06. The second-order valence-electron chi connectivity index (χ2n) is 12.6. The normalized spacial score (nSPS) is 13.9. The molecule has 0 radical (unpaired) electrons. The van der Waals surface area contributed by atoms with Gasteiger partial charge >= 0.3 is 0 Å². The van der Waals surface area contributed by atoms with Gasteiger partial charge in [-0.05, 0) is 41.8 Å². The molecule has 2 N–H and O–H groups in total. The molecule has 18 heteroatoms. The van der Waals surface area contributed by atoms with Crippen molar-refractivity contribution >= 4 is 39.6 Å². The fourth-order valence-electron chi connectivity index (χ4n) is 6.10. The number of hydrogen-bond acceptors (Lipinski definition) is 14. The largest absolute Gasteiger partial charge is 0.493 e. The predicted octanol–water partition coefficient (Wildman–Crippen LogP) is 5.70. The van der Waals surface area contributed by atoms with Crippen molar-refractivity contribution in [3.63, 3.8) is 0 Å². The summed E-state index contributed by atoms with van der Waals surface area (Å²) in [4.78, 5) is 75.2. The van der Waals surface area contributed by atoms with E-state index in [1.807, 2.05) is 18.2 Å². The van der Waals surface area contributed by atoms with E-state index in [1.165, 1.54) is 30.0 Å². The minimum Gasteiger partial charge on any atom is -0.493 e. The van der Waals surface area contributed by atoms with Gasteiger partial charge in [-0.1, -0.05) is 34.1 Å². The quantitative estimate of drug-likeness (QED) is 0.157. The van der Waals surface area contributed by atoms with E-state index in [4.69, 9.17) is 22.4 Å². The molecule has 9 rings (SSSR count). The number of halogens is 1. The SMILES string of the molecule is O=C1NCc2cc(Br)cc(c2)CNC(=O)c2coc(n2)-c2coc(n2)-c2cc(OCCCN3C(=O)c4ccccc4C3=O)cc(n2)-c2nc(co2)-c2nc1co2. The van der Waals surface area contributed by atoms with Crippen molar-refractivity contribution in [1.82, 2.24) is 40.5 Å². The summed E-state index contributed by atoms with van der Waals surface area (Å²) in [6, 6.07) is 15.4. The number of ether oxygens (including phenoxy) is 1. The highest BCUT2D eigenvalue weighted by molar-refractivity contribution is 9.10. The minimum atomic E-state index is -0.487. The van der Waals surface area contributed by atoms with Crippen LogP contribution in [0.25, 0.3) is 46.3 Å². The second-order valence-corrected chi connectivity index (χ2v) is 13.5. The molecular weight excluding hydrogens is 792 g/mol. The Hall–Kier alpha value is -7.21. The number of nitrogens with one attached hydrogen (secondary N) is 2. The number of pyridine rings is 1. The maximum atomic E-state index is 13.0. The van der Waals surface area contributed by atoms with Crippen LogP contribution in [-0.4, -0.2) is 66.6 Å². The van der Waals surface area contributed by atoms with Gasteiger partial charge in [-0.2, -0.15) is 0 Å². The molecule has 7 aromatic rings. The van der Waals surface area contributed by atoms with E-state index in [0.29, 0.717) is 23.3 Å². The highest BCUT2D eigenvalue weighted by Crippen LogP contribution is 2.31. The predicted molar refractivity (Wildman–Crippen MR) is 195 cm³/mol. The third-order valence-corrected chi connectivity index (χ3v) is 9.21. The van der Waals surface area contributed by atoms with Gasteiger partial charge in [0.2, 0.25) is 23.6 Å². The van der Waals surface area contributed by atoms with Gasteiger partial charge in [0.1, 0.15) is 42.2 Å². The molecule has 0 fully saturated rings. The van der Waals surface area contributed by atoms with Crippen molar-refractivity contribution in [2.24, 2.45) is 0 Å². The second kappa shape index (κ2) is 14.2. The van der Waals surface area contributed by atoms with Crippen LogP contribution in [0.4, 0.5) is 0 Å². The van der Waals surface area contributed by atoms with Crippen molar-refractivity contribution in [3.8, 4) is 52.1 Å². The highest BCUT2D eigenvalue weighted by atomic mass is 79.9. The van der Waals surface area contributed by atoms with Gasteiger partial charge in [-0.15, -0.1) is 0 Å². The fourth-order valence-corrected chi connectivity index (χ4v) is 6.69. The number of imide groups is 1. The number of fused-ring (bicyclic) bond motifs is 17. The lowest BCUT2D eigenvalue weighted by Crippen LogP contribution is -2.31. The van der Waals surface area contributed by atoms with Gasteiger partial charge in [0, 0.05) is 36.2 Å². The Labute approximate surface area is 323 Å². The lowest BCUT2D eigenvalue weighted by atomic mass is 10.1. The van der Waals surface area contributed by atoms with Gasteiger partial charge in [0.15, 0.2) is 22.8 Å². The summed E-state index contributed by atoms with van der Waals surface area (Å²) in [5.74, 6) is -1.20. The minimum absolute atomic E-state index is 0.0187. The lowest BCUT2D eigenvalue weighted by Gasteiger charge is -2.14. The van der Waals surface area contributed by atoms with E-state index in [9.17, 15) is 19.2 Å². The molecule has 278 valence electrons. The number of rotatable bonds is 5. The average molecular weight is 818 g/mol. The van der Waals surface area contributed by atoms with Crippen molar-refractivity contribution in [2.75, 3.05) is 13.2 Å². The monoisotopic (exact) mass is 816 g/mol. The third kappa shape index (κ3) is 6.72. The van der Waals surface area contributed by atoms with Gasteiger partial charge in [0.25, 0.3) is 23.6 Å². The molecule has 56 heavy (non-hydrogen) atoms. The molecule has 17 nitrogen and oxygen atoms in total. The number of carbonyl (C=O) groups is 4.